The van der Waals surface area contributed by atoms with Crippen LogP contribution in [0.2, 0.25) is 0 Å². The maximum absolute atomic E-state index is 12.5. The molecule has 1 amide bonds. The molecule has 2 heterocycles. The monoisotopic (exact) mass is 298 g/mol. The summed E-state index contributed by atoms with van der Waals surface area (Å²) in [5.74, 6) is 0.304. The zero-order valence-electron chi connectivity index (χ0n) is 12.3. The number of nitrogens with two attached hydrogens (primary N) is 1. The van der Waals surface area contributed by atoms with E-state index in [1.807, 2.05) is 30.3 Å². The highest BCUT2D eigenvalue weighted by Gasteiger charge is 2.34. The molecule has 0 bridgehead atoms. The maximum Gasteiger partial charge on any atom is 0.274 e. The van der Waals surface area contributed by atoms with Crippen LogP contribution in [0.4, 0.5) is 0 Å². The molecule has 0 radical (unpaired) electrons. The fourth-order valence-electron chi connectivity index (χ4n) is 2.76. The predicted octanol–water partition coefficient (Wildman–Crippen LogP) is 1.05. The van der Waals surface area contributed by atoms with E-state index in [4.69, 9.17) is 10.5 Å². The van der Waals surface area contributed by atoms with Crippen LogP contribution in [0.15, 0.2) is 42.7 Å². The summed E-state index contributed by atoms with van der Waals surface area (Å²) in [5, 5.41) is 0. The highest BCUT2D eigenvalue weighted by molar-refractivity contribution is 5.92. The van der Waals surface area contributed by atoms with Gasteiger partial charge in [0.2, 0.25) is 5.88 Å². The van der Waals surface area contributed by atoms with Gasteiger partial charge in [0.1, 0.15) is 0 Å². The first-order valence-electron chi connectivity index (χ1n) is 7.15. The zero-order chi connectivity index (χ0) is 15.5. The molecule has 6 heteroatoms. The summed E-state index contributed by atoms with van der Waals surface area (Å²) in [6, 6.07) is 9.96. The Morgan fingerprint density at radius 2 is 2.05 bits per heavy atom. The number of rotatable bonds is 3. The fraction of sp³-hybridized carbons (Fsp3) is 0.312. The number of hydrogen-bond donors (Lipinski definition) is 1. The molecule has 1 aromatic heterocycles. The first kappa shape index (κ1) is 14.5. The average molecular weight is 298 g/mol. The van der Waals surface area contributed by atoms with E-state index in [1.165, 1.54) is 19.5 Å². The summed E-state index contributed by atoms with van der Waals surface area (Å²) in [7, 11) is 1.50. The number of ether oxygens (including phenoxy) is 1. The number of amides is 1. The van der Waals surface area contributed by atoms with Crippen molar-refractivity contribution in [2.75, 3.05) is 20.2 Å². The SMILES string of the molecule is COc1cncc(C(=O)N2C[C@@H](N)[C@H](c3ccccc3)C2)n1. The Balaban J connectivity index is 1.77. The van der Waals surface area contributed by atoms with Gasteiger partial charge in [-0.2, -0.15) is 0 Å². The average Bonchev–Trinajstić information content (AvgIpc) is 2.97. The van der Waals surface area contributed by atoms with E-state index in [2.05, 4.69) is 9.97 Å². The summed E-state index contributed by atoms with van der Waals surface area (Å²) >= 11 is 0. The van der Waals surface area contributed by atoms with Crippen LogP contribution in [-0.4, -0.2) is 47.0 Å². The van der Waals surface area contributed by atoms with E-state index in [9.17, 15) is 4.79 Å². The Kier molecular flexibility index (Phi) is 4.02. The minimum Gasteiger partial charge on any atom is -0.480 e. The first-order chi connectivity index (χ1) is 10.7. The van der Waals surface area contributed by atoms with Crippen LogP contribution in [0.25, 0.3) is 0 Å². The van der Waals surface area contributed by atoms with Crippen molar-refractivity contribution < 1.29 is 9.53 Å². The van der Waals surface area contributed by atoms with Crippen LogP contribution in [0.1, 0.15) is 22.0 Å². The lowest BCUT2D eigenvalue weighted by molar-refractivity contribution is 0.0782. The molecule has 6 nitrogen and oxygen atoms in total. The molecule has 1 fully saturated rings. The lowest BCUT2D eigenvalue weighted by Gasteiger charge is -2.16. The first-order valence-corrected chi connectivity index (χ1v) is 7.15. The Bertz CT molecular complexity index is 662. The van der Waals surface area contributed by atoms with Gasteiger partial charge in [-0.15, -0.1) is 0 Å². The van der Waals surface area contributed by atoms with Gasteiger partial charge >= 0.3 is 0 Å². The molecule has 1 aliphatic rings. The molecule has 1 aromatic carbocycles. The standard InChI is InChI=1S/C16H18N4O2/c1-22-15-8-18-7-14(19-15)16(21)20-9-12(13(17)10-20)11-5-3-2-4-6-11/h2-8,12-13H,9-10,17H2,1H3/t12-,13+/m0/s1. The molecule has 2 N–H and O–H groups in total. The van der Waals surface area contributed by atoms with Gasteiger partial charge in [0, 0.05) is 25.0 Å². The number of benzene rings is 1. The molecule has 2 aromatic rings. The summed E-state index contributed by atoms with van der Waals surface area (Å²) < 4.78 is 5.01. The van der Waals surface area contributed by atoms with Gasteiger partial charge in [-0.05, 0) is 5.56 Å². The van der Waals surface area contributed by atoms with Crippen molar-refractivity contribution in [2.45, 2.75) is 12.0 Å². The maximum atomic E-state index is 12.5. The number of carbonyl (C=O) groups is 1. The summed E-state index contributed by atoms with van der Waals surface area (Å²) in [5.41, 5.74) is 7.65. The van der Waals surface area contributed by atoms with Gasteiger partial charge in [-0.25, -0.2) is 4.98 Å². The zero-order valence-corrected chi connectivity index (χ0v) is 12.3. The second-order valence-corrected chi connectivity index (χ2v) is 5.34. The van der Waals surface area contributed by atoms with Crippen LogP contribution >= 0.6 is 0 Å². The van der Waals surface area contributed by atoms with Crippen LogP contribution in [0.5, 0.6) is 5.88 Å². The number of methoxy groups -OCH3 is 1. The number of hydrogen-bond acceptors (Lipinski definition) is 5. The predicted molar refractivity (Wildman–Crippen MR) is 81.6 cm³/mol. The molecule has 1 aliphatic heterocycles. The van der Waals surface area contributed by atoms with Crippen molar-refractivity contribution in [3.8, 4) is 5.88 Å². The van der Waals surface area contributed by atoms with Crippen molar-refractivity contribution in [3.63, 3.8) is 0 Å². The summed E-state index contributed by atoms with van der Waals surface area (Å²) in [6.07, 6.45) is 2.92. The third kappa shape index (κ3) is 2.78. The minimum atomic E-state index is -0.166. The second kappa shape index (κ2) is 6.11. The van der Waals surface area contributed by atoms with E-state index in [0.29, 0.717) is 19.0 Å². The van der Waals surface area contributed by atoms with Crippen molar-refractivity contribution >= 4 is 5.91 Å². The molecule has 3 rings (SSSR count). The third-order valence-electron chi connectivity index (χ3n) is 3.92. The quantitative estimate of drug-likeness (QED) is 0.916. The number of nitrogens with zero attached hydrogens (tertiary/aromatic N) is 3. The van der Waals surface area contributed by atoms with Crippen molar-refractivity contribution in [2.24, 2.45) is 5.73 Å². The Labute approximate surface area is 128 Å². The molecule has 22 heavy (non-hydrogen) atoms. The molecular formula is C16H18N4O2. The number of aromatic nitrogens is 2. The van der Waals surface area contributed by atoms with Gasteiger partial charge in [0.05, 0.1) is 19.5 Å². The van der Waals surface area contributed by atoms with E-state index in [0.717, 1.165) is 5.56 Å². The normalized spacial score (nSPS) is 20.9. The van der Waals surface area contributed by atoms with Crippen molar-refractivity contribution in [1.29, 1.82) is 0 Å². The van der Waals surface area contributed by atoms with Crippen LogP contribution in [0, 0.1) is 0 Å². The van der Waals surface area contributed by atoms with Crippen molar-refractivity contribution in [1.82, 2.24) is 14.9 Å². The Morgan fingerprint density at radius 1 is 1.27 bits per heavy atom. The van der Waals surface area contributed by atoms with Gasteiger partial charge in [-0.1, -0.05) is 30.3 Å². The molecule has 0 saturated carbocycles. The molecular weight excluding hydrogens is 280 g/mol. The Morgan fingerprint density at radius 3 is 2.77 bits per heavy atom. The molecule has 0 unspecified atom stereocenters. The van der Waals surface area contributed by atoms with Gasteiger partial charge in [0.25, 0.3) is 5.91 Å². The van der Waals surface area contributed by atoms with E-state index in [-0.39, 0.29) is 23.6 Å². The summed E-state index contributed by atoms with van der Waals surface area (Å²) in [6.45, 7) is 1.10. The topological polar surface area (TPSA) is 81.3 Å². The third-order valence-corrected chi connectivity index (χ3v) is 3.92. The van der Waals surface area contributed by atoms with Crippen LogP contribution in [0.3, 0.4) is 0 Å². The van der Waals surface area contributed by atoms with Gasteiger partial charge < -0.3 is 15.4 Å². The molecule has 0 spiro atoms. The molecule has 114 valence electrons. The van der Waals surface area contributed by atoms with Gasteiger partial charge in [0.15, 0.2) is 5.69 Å². The highest BCUT2D eigenvalue weighted by atomic mass is 16.5. The minimum absolute atomic E-state index is 0.0788. The number of carbonyl (C=O) groups excluding carboxylic acids is 1. The van der Waals surface area contributed by atoms with E-state index >= 15 is 0 Å². The second-order valence-electron chi connectivity index (χ2n) is 5.34. The molecule has 2 atom stereocenters. The largest absolute Gasteiger partial charge is 0.480 e. The molecule has 0 aliphatic carbocycles. The van der Waals surface area contributed by atoms with E-state index in [1.54, 1.807) is 4.90 Å². The lowest BCUT2D eigenvalue weighted by atomic mass is 9.95. The summed E-state index contributed by atoms with van der Waals surface area (Å²) in [4.78, 5) is 22.4. The molecule has 1 saturated heterocycles. The van der Waals surface area contributed by atoms with Crippen molar-refractivity contribution in [3.05, 3.63) is 54.0 Å². The lowest BCUT2D eigenvalue weighted by Crippen LogP contribution is -2.32. The van der Waals surface area contributed by atoms with Gasteiger partial charge in [-0.3, -0.25) is 9.78 Å². The highest BCUT2D eigenvalue weighted by Crippen LogP contribution is 2.27. The number of likely N-dealkylation sites (tertiary alicyclic amines) is 1. The van der Waals surface area contributed by atoms with Crippen LogP contribution < -0.4 is 10.5 Å². The smallest absolute Gasteiger partial charge is 0.274 e. The van der Waals surface area contributed by atoms with E-state index < -0.39 is 0 Å². The van der Waals surface area contributed by atoms with Crippen LogP contribution in [-0.2, 0) is 0 Å². The fourth-order valence-corrected chi connectivity index (χ4v) is 2.76. The Hall–Kier alpha value is -2.47.